The molecule has 5 nitrogen and oxygen atoms in total. The number of hydrazone groups is 1. The summed E-state index contributed by atoms with van der Waals surface area (Å²) in [7, 11) is 1.32. The highest BCUT2D eigenvalue weighted by Crippen LogP contribution is 2.44. The largest absolute Gasteiger partial charge is 0.464 e. The predicted octanol–water partition coefficient (Wildman–Crippen LogP) is 3.33. The van der Waals surface area contributed by atoms with Crippen molar-refractivity contribution in [3.63, 3.8) is 0 Å². The Kier molecular flexibility index (Phi) is 4.64. The van der Waals surface area contributed by atoms with Gasteiger partial charge < -0.3 is 4.74 Å². The standard InChI is InChI=1S/C21H22N2O3/c1-14-5-9-17(10-6-14)21(18-11-7-15(2)8-12-18)13-19(20(25)26-4)22-23(21)16(3)24/h5-12H,13H2,1-4H3. The van der Waals surface area contributed by atoms with Gasteiger partial charge in [0.05, 0.1) is 7.11 Å². The van der Waals surface area contributed by atoms with Crippen LogP contribution in [0.15, 0.2) is 53.6 Å². The maximum absolute atomic E-state index is 12.5. The molecule has 26 heavy (non-hydrogen) atoms. The molecular weight excluding hydrogens is 328 g/mol. The molecule has 0 spiro atoms. The highest BCUT2D eigenvalue weighted by molar-refractivity contribution is 6.37. The van der Waals surface area contributed by atoms with Gasteiger partial charge in [0.2, 0.25) is 5.91 Å². The van der Waals surface area contributed by atoms with E-state index in [9.17, 15) is 9.59 Å². The zero-order valence-electron chi connectivity index (χ0n) is 15.4. The molecular formula is C21H22N2O3. The van der Waals surface area contributed by atoms with E-state index in [4.69, 9.17) is 4.74 Å². The summed E-state index contributed by atoms with van der Waals surface area (Å²) in [5.74, 6) is -0.748. The van der Waals surface area contributed by atoms with E-state index in [0.29, 0.717) is 0 Å². The van der Waals surface area contributed by atoms with Crippen LogP contribution in [-0.4, -0.2) is 29.7 Å². The molecule has 0 atom stereocenters. The molecule has 0 aromatic heterocycles. The summed E-state index contributed by atoms with van der Waals surface area (Å²) in [6.07, 6.45) is 0.269. The summed E-state index contributed by atoms with van der Waals surface area (Å²) >= 11 is 0. The second-order valence-electron chi connectivity index (χ2n) is 6.64. The summed E-state index contributed by atoms with van der Waals surface area (Å²) in [6, 6.07) is 15.9. The topological polar surface area (TPSA) is 59.0 Å². The average molecular weight is 350 g/mol. The van der Waals surface area contributed by atoms with E-state index in [2.05, 4.69) is 5.10 Å². The van der Waals surface area contributed by atoms with E-state index < -0.39 is 11.5 Å². The Labute approximate surface area is 153 Å². The van der Waals surface area contributed by atoms with Gasteiger partial charge in [0.1, 0.15) is 11.3 Å². The van der Waals surface area contributed by atoms with Gasteiger partial charge >= 0.3 is 5.97 Å². The number of amides is 1. The molecule has 1 heterocycles. The monoisotopic (exact) mass is 350 g/mol. The molecule has 0 aliphatic carbocycles. The lowest BCUT2D eigenvalue weighted by atomic mass is 9.78. The maximum Gasteiger partial charge on any atom is 0.354 e. The van der Waals surface area contributed by atoms with Gasteiger partial charge in [-0.25, -0.2) is 9.80 Å². The number of esters is 1. The van der Waals surface area contributed by atoms with Crippen LogP contribution >= 0.6 is 0 Å². The first kappa shape index (κ1) is 17.9. The highest BCUT2D eigenvalue weighted by atomic mass is 16.5. The van der Waals surface area contributed by atoms with Crippen LogP contribution in [0.4, 0.5) is 0 Å². The van der Waals surface area contributed by atoms with Crippen LogP contribution in [0.25, 0.3) is 0 Å². The second kappa shape index (κ2) is 6.75. The summed E-state index contributed by atoms with van der Waals surface area (Å²) < 4.78 is 4.86. The molecule has 1 amide bonds. The molecule has 0 unspecified atom stereocenters. The van der Waals surface area contributed by atoms with Gasteiger partial charge in [-0.3, -0.25) is 4.79 Å². The van der Waals surface area contributed by atoms with E-state index in [-0.39, 0.29) is 18.0 Å². The fraction of sp³-hybridized carbons (Fsp3) is 0.286. The SMILES string of the molecule is COC(=O)C1=NN(C(C)=O)C(c2ccc(C)cc2)(c2ccc(C)cc2)C1. The van der Waals surface area contributed by atoms with Crippen molar-refractivity contribution in [1.82, 2.24) is 5.01 Å². The molecule has 0 bridgehead atoms. The quantitative estimate of drug-likeness (QED) is 0.798. The Bertz CT molecular complexity index is 822. The number of ether oxygens (including phenoxy) is 1. The van der Waals surface area contributed by atoms with Crippen molar-refractivity contribution in [3.8, 4) is 0 Å². The van der Waals surface area contributed by atoms with Crippen molar-refractivity contribution in [2.45, 2.75) is 32.7 Å². The van der Waals surface area contributed by atoms with Crippen molar-refractivity contribution in [2.24, 2.45) is 5.10 Å². The first-order valence-corrected chi connectivity index (χ1v) is 8.49. The first-order chi connectivity index (χ1) is 12.4. The van der Waals surface area contributed by atoms with E-state index >= 15 is 0 Å². The van der Waals surface area contributed by atoms with Gasteiger partial charge in [-0.1, -0.05) is 59.7 Å². The molecule has 0 saturated heterocycles. The average Bonchev–Trinajstić information content (AvgIpc) is 3.04. The van der Waals surface area contributed by atoms with E-state index in [1.165, 1.54) is 19.0 Å². The smallest absolute Gasteiger partial charge is 0.354 e. The van der Waals surface area contributed by atoms with Crippen LogP contribution in [0.5, 0.6) is 0 Å². The number of methoxy groups -OCH3 is 1. The summed E-state index contributed by atoms with van der Waals surface area (Å²) in [4.78, 5) is 24.6. The van der Waals surface area contributed by atoms with Crippen molar-refractivity contribution < 1.29 is 14.3 Å². The minimum absolute atomic E-state index is 0.231. The van der Waals surface area contributed by atoms with Crippen molar-refractivity contribution in [1.29, 1.82) is 0 Å². The zero-order valence-corrected chi connectivity index (χ0v) is 15.4. The number of nitrogens with zero attached hydrogens (tertiary/aromatic N) is 2. The molecule has 0 N–H and O–H groups in total. The molecule has 2 aromatic carbocycles. The van der Waals surface area contributed by atoms with Gasteiger partial charge in [0, 0.05) is 13.3 Å². The Hall–Kier alpha value is -2.95. The fourth-order valence-corrected chi connectivity index (χ4v) is 3.40. The Morgan fingerprint density at radius 2 is 1.42 bits per heavy atom. The third kappa shape index (κ3) is 2.90. The zero-order chi connectivity index (χ0) is 18.9. The molecule has 0 radical (unpaired) electrons. The van der Waals surface area contributed by atoms with Crippen molar-refractivity contribution in [3.05, 3.63) is 70.8 Å². The molecule has 5 heteroatoms. The number of benzene rings is 2. The Balaban J connectivity index is 2.24. The van der Waals surface area contributed by atoms with E-state index in [0.717, 1.165) is 22.3 Å². The van der Waals surface area contributed by atoms with Crippen molar-refractivity contribution >= 4 is 17.6 Å². The molecule has 3 rings (SSSR count). The third-order valence-corrected chi connectivity index (χ3v) is 4.78. The number of hydrogen-bond donors (Lipinski definition) is 0. The molecule has 2 aromatic rings. The highest BCUT2D eigenvalue weighted by Gasteiger charge is 2.49. The number of aryl methyl sites for hydroxylation is 2. The maximum atomic E-state index is 12.5. The first-order valence-electron chi connectivity index (χ1n) is 8.49. The fourth-order valence-electron chi connectivity index (χ4n) is 3.40. The third-order valence-electron chi connectivity index (χ3n) is 4.78. The predicted molar refractivity (Wildman–Crippen MR) is 99.7 cm³/mol. The molecule has 134 valence electrons. The lowest BCUT2D eigenvalue weighted by Gasteiger charge is -2.37. The summed E-state index contributed by atoms with van der Waals surface area (Å²) in [5.41, 5.74) is 3.43. The van der Waals surface area contributed by atoms with Crippen LogP contribution in [0, 0.1) is 13.8 Å². The number of carbonyl (C=O) groups excluding carboxylic acids is 2. The van der Waals surface area contributed by atoms with E-state index in [1.54, 1.807) is 0 Å². The van der Waals surface area contributed by atoms with E-state index in [1.807, 2.05) is 62.4 Å². The van der Waals surface area contributed by atoms with Crippen LogP contribution in [0.1, 0.15) is 35.6 Å². The van der Waals surface area contributed by atoms with Gasteiger partial charge in [0.15, 0.2) is 0 Å². The van der Waals surface area contributed by atoms with Crippen LogP contribution < -0.4 is 0 Å². The lowest BCUT2D eigenvalue weighted by Crippen LogP contribution is -2.43. The minimum atomic E-state index is -0.864. The number of carbonyl (C=O) groups is 2. The molecule has 1 aliphatic heterocycles. The molecule has 1 aliphatic rings. The Morgan fingerprint density at radius 3 is 1.81 bits per heavy atom. The molecule has 0 saturated carbocycles. The van der Waals surface area contributed by atoms with Gasteiger partial charge in [-0.2, -0.15) is 5.10 Å². The van der Waals surface area contributed by atoms with Crippen LogP contribution in [0.3, 0.4) is 0 Å². The second-order valence-corrected chi connectivity index (χ2v) is 6.64. The van der Waals surface area contributed by atoms with Gasteiger partial charge in [-0.05, 0) is 25.0 Å². The lowest BCUT2D eigenvalue weighted by molar-refractivity contribution is -0.133. The summed E-state index contributed by atoms with van der Waals surface area (Å²) in [5, 5.41) is 5.75. The Morgan fingerprint density at radius 1 is 0.962 bits per heavy atom. The van der Waals surface area contributed by atoms with Gasteiger partial charge in [-0.15, -0.1) is 0 Å². The minimum Gasteiger partial charge on any atom is -0.464 e. The number of rotatable bonds is 3. The normalized spacial score (nSPS) is 15.5. The van der Waals surface area contributed by atoms with Gasteiger partial charge in [0.25, 0.3) is 0 Å². The molecule has 0 fully saturated rings. The van der Waals surface area contributed by atoms with Crippen molar-refractivity contribution in [2.75, 3.05) is 7.11 Å². The summed E-state index contributed by atoms with van der Waals surface area (Å²) in [6.45, 7) is 5.48. The van der Waals surface area contributed by atoms with Crippen LogP contribution in [0.2, 0.25) is 0 Å². The number of hydrogen-bond acceptors (Lipinski definition) is 4. The van der Waals surface area contributed by atoms with Crippen LogP contribution in [-0.2, 0) is 19.9 Å².